The molecular weight excluding hydrogens is 367 g/mol. The van der Waals surface area contributed by atoms with Crippen molar-refractivity contribution < 1.29 is 18.0 Å². The van der Waals surface area contributed by atoms with E-state index in [9.17, 15) is 18.0 Å². The molecule has 0 atom stereocenters. The molecule has 1 amide bonds. The number of benzene rings is 1. The van der Waals surface area contributed by atoms with Crippen molar-refractivity contribution in [2.24, 2.45) is 0 Å². The first-order valence-electron chi connectivity index (χ1n) is 7.89. The summed E-state index contributed by atoms with van der Waals surface area (Å²) in [5.41, 5.74) is 0.346. The Labute approximate surface area is 155 Å². The molecule has 0 N–H and O–H groups in total. The summed E-state index contributed by atoms with van der Waals surface area (Å²) in [6.45, 7) is 4.05. The molecule has 8 heteroatoms. The first kappa shape index (κ1) is 20.0. The fourth-order valence-electron chi connectivity index (χ4n) is 2.50. The zero-order chi connectivity index (χ0) is 19.6. The van der Waals surface area contributed by atoms with Gasteiger partial charge >= 0.3 is 6.18 Å². The van der Waals surface area contributed by atoms with E-state index in [1.807, 2.05) is 6.92 Å². The van der Waals surface area contributed by atoms with E-state index in [4.69, 9.17) is 11.6 Å². The molecule has 0 aliphatic rings. The minimum Gasteiger partial charge on any atom is -0.342 e. The summed E-state index contributed by atoms with van der Waals surface area (Å²) in [6.07, 6.45) is -3.28. The minimum absolute atomic E-state index is 0.0853. The van der Waals surface area contributed by atoms with Crippen LogP contribution in [0.25, 0.3) is 0 Å². The van der Waals surface area contributed by atoms with Gasteiger partial charge in [-0.15, -0.1) is 0 Å². The molecule has 140 valence electrons. The van der Waals surface area contributed by atoms with Gasteiger partial charge < -0.3 is 9.80 Å². The molecule has 0 unspecified atom stereocenters. The number of halogens is 4. The zero-order valence-electron chi connectivity index (χ0n) is 14.9. The van der Waals surface area contributed by atoms with Gasteiger partial charge in [-0.1, -0.05) is 11.6 Å². The molecule has 0 aliphatic heterocycles. The molecule has 0 spiro atoms. The van der Waals surface area contributed by atoms with Crippen molar-refractivity contribution in [3.05, 3.63) is 52.2 Å². The number of pyridine rings is 1. The van der Waals surface area contributed by atoms with Gasteiger partial charge in [-0.3, -0.25) is 4.79 Å². The lowest BCUT2D eigenvalue weighted by Gasteiger charge is -2.25. The smallest absolute Gasteiger partial charge is 0.342 e. The molecule has 2 aromatic rings. The average molecular weight is 386 g/mol. The Morgan fingerprint density at radius 2 is 1.92 bits per heavy atom. The van der Waals surface area contributed by atoms with Crippen LogP contribution in [-0.4, -0.2) is 36.4 Å². The normalized spacial score (nSPS) is 11.4. The van der Waals surface area contributed by atoms with Crippen molar-refractivity contribution in [1.29, 1.82) is 0 Å². The van der Waals surface area contributed by atoms with Crippen LogP contribution in [0.1, 0.15) is 28.4 Å². The largest absolute Gasteiger partial charge is 0.419 e. The number of carbonyl (C=O) groups excluding carboxylic acids is 1. The topological polar surface area (TPSA) is 36.4 Å². The molecule has 1 aromatic heterocycles. The number of amides is 1. The summed E-state index contributed by atoms with van der Waals surface area (Å²) >= 11 is 6.39. The van der Waals surface area contributed by atoms with Crippen LogP contribution in [-0.2, 0) is 6.18 Å². The number of aryl methyl sites for hydroxylation is 1. The highest BCUT2D eigenvalue weighted by molar-refractivity contribution is 6.36. The standard InChI is InChI=1S/C18H19ClF3N3O/c1-5-24(3)17(26)12-9-11(2)10-14(15(12)19)25(4)16-13(18(20,21)22)7-6-8-23-16/h6-10H,5H2,1-4H3. The second-order valence-corrected chi connectivity index (χ2v) is 6.27. The van der Waals surface area contributed by atoms with Crippen LogP contribution >= 0.6 is 11.6 Å². The lowest BCUT2D eigenvalue weighted by molar-refractivity contribution is -0.137. The maximum atomic E-state index is 13.3. The van der Waals surface area contributed by atoms with Crippen LogP contribution in [0.4, 0.5) is 24.7 Å². The van der Waals surface area contributed by atoms with Crippen molar-refractivity contribution >= 4 is 29.0 Å². The molecule has 0 aliphatic carbocycles. The van der Waals surface area contributed by atoms with Crippen LogP contribution in [0.3, 0.4) is 0 Å². The van der Waals surface area contributed by atoms with E-state index < -0.39 is 11.7 Å². The Kier molecular flexibility index (Phi) is 5.81. The highest BCUT2D eigenvalue weighted by Gasteiger charge is 2.35. The molecular formula is C18H19ClF3N3O. The molecule has 0 radical (unpaired) electrons. The second kappa shape index (κ2) is 7.53. The minimum atomic E-state index is -4.56. The Morgan fingerprint density at radius 3 is 2.50 bits per heavy atom. The van der Waals surface area contributed by atoms with Crippen molar-refractivity contribution in [1.82, 2.24) is 9.88 Å². The van der Waals surface area contributed by atoms with Crippen LogP contribution in [0.5, 0.6) is 0 Å². The van der Waals surface area contributed by atoms with Gasteiger partial charge in [-0.2, -0.15) is 13.2 Å². The first-order chi connectivity index (χ1) is 12.1. The number of hydrogen-bond donors (Lipinski definition) is 0. The lowest BCUT2D eigenvalue weighted by atomic mass is 10.1. The quantitative estimate of drug-likeness (QED) is 0.749. The Morgan fingerprint density at radius 1 is 1.27 bits per heavy atom. The molecule has 1 aromatic carbocycles. The van der Waals surface area contributed by atoms with Gasteiger partial charge in [0.15, 0.2) is 0 Å². The fourth-order valence-corrected chi connectivity index (χ4v) is 2.81. The summed E-state index contributed by atoms with van der Waals surface area (Å²) in [5.74, 6) is -0.581. The molecule has 2 rings (SSSR count). The van der Waals surface area contributed by atoms with Gasteiger partial charge in [-0.05, 0) is 43.7 Å². The number of nitrogens with zero attached hydrogens (tertiary/aromatic N) is 3. The molecule has 0 saturated carbocycles. The number of carbonyl (C=O) groups is 1. The van der Waals surface area contributed by atoms with E-state index in [1.165, 1.54) is 29.1 Å². The van der Waals surface area contributed by atoms with Crippen LogP contribution in [0, 0.1) is 6.92 Å². The third-order valence-electron chi connectivity index (χ3n) is 4.02. The van der Waals surface area contributed by atoms with E-state index in [0.717, 1.165) is 6.07 Å². The summed E-state index contributed by atoms with van der Waals surface area (Å²) in [4.78, 5) is 19.1. The van der Waals surface area contributed by atoms with E-state index in [0.29, 0.717) is 12.1 Å². The molecule has 0 saturated heterocycles. The number of alkyl halides is 3. The molecule has 1 heterocycles. The third kappa shape index (κ3) is 3.93. The summed E-state index contributed by atoms with van der Waals surface area (Å²) in [7, 11) is 3.07. The summed E-state index contributed by atoms with van der Waals surface area (Å²) in [6, 6.07) is 5.43. The second-order valence-electron chi connectivity index (χ2n) is 5.90. The van der Waals surface area contributed by atoms with Gasteiger partial charge in [0.05, 0.1) is 21.8 Å². The Hall–Kier alpha value is -2.28. The SMILES string of the molecule is CCN(C)C(=O)c1cc(C)cc(N(C)c2ncccc2C(F)(F)F)c1Cl. The predicted octanol–water partition coefficient (Wildman–Crippen LogP) is 4.92. The lowest BCUT2D eigenvalue weighted by Crippen LogP contribution is -2.27. The molecule has 26 heavy (non-hydrogen) atoms. The first-order valence-corrected chi connectivity index (χ1v) is 8.27. The van der Waals surface area contributed by atoms with Crippen molar-refractivity contribution in [2.45, 2.75) is 20.0 Å². The highest BCUT2D eigenvalue weighted by atomic mass is 35.5. The number of hydrogen-bond acceptors (Lipinski definition) is 3. The van der Waals surface area contributed by atoms with Gasteiger partial charge in [0, 0.05) is 26.8 Å². The van der Waals surface area contributed by atoms with Crippen molar-refractivity contribution in [3.63, 3.8) is 0 Å². The molecule has 4 nitrogen and oxygen atoms in total. The monoisotopic (exact) mass is 385 g/mol. The number of rotatable bonds is 4. The predicted molar refractivity (Wildman–Crippen MR) is 96.1 cm³/mol. The van der Waals surface area contributed by atoms with E-state index in [-0.39, 0.29) is 28.0 Å². The van der Waals surface area contributed by atoms with E-state index >= 15 is 0 Å². The van der Waals surface area contributed by atoms with Crippen LogP contribution < -0.4 is 4.90 Å². The fraction of sp³-hybridized carbons (Fsp3) is 0.333. The molecule has 0 fully saturated rings. The van der Waals surface area contributed by atoms with Crippen LogP contribution in [0.2, 0.25) is 5.02 Å². The van der Waals surface area contributed by atoms with E-state index in [2.05, 4.69) is 4.98 Å². The van der Waals surface area contributed by atoms with Crippen molar-refractivity contribution in [3.8, 4) is 0 Å². The number of anilines is 2. The van der Waals surface area contributed by atoms with Gasteiger partial charge in [-0.25, -0.2) is 4.98 Å². The van der Waals surface area contributed by atoms with Crippen molar-refractivity contribution in [2.75, 3.05) is 25.5 Å². The van der Waals surface area contributed by atoms with Gasteiger partial charge in [0.2, 0.25) is 0 Å². The van der Waals surface area contributed by atoms with E-state index in [1.54, 1.807) is 26.1 Å². The Balaban J connectivity index is 2.60. The maximum absolute atomic E-state index is 13.3. The third-order valence-corrected chi connectivity index (χ3v) is 4.42. The van der Waals surface area contributed by atoms with Gasteiger partial charge in [0.25, 0.3) is 5.91 Å². The summed E-state index contributed by atoms with van der Waals surface area (Å²) < 4.78 is 39.9. The average Bonchev–Trinajstić information content (AvgIpc) is 2.60. The van der Waals surface area contributed by atoms with Gasteiger partial charge in [0.1, 0.15) is 5.82 Å². The van der Waals surface area contributed by atoms with Crippen LogP contribution in [0.15, 0.2) is 30.5 Å². The maximum Gasteiger partial charge on any atom is 0.419 e. The molecule has 0 bridgehead atoms. The zero-order valence-corrected chi connectivity index (χ0v) is 15.6. The summed E-state index contributed by atoms with van der Waals surface area (Å²) in [5, 5.41) is 0.0853. The highest BCUT2D eigenvalue weighted by Crippen LogP contribution is 2.40. The number of aromatic nitrogens is 1. The Bertz CT molecular complexity index is 824.